The van der Waals surface area contributed by atoms with Crippen LogP contribution in [0.3, 0.4) is 0 Å². The number of ether oxygens (including phenoxy) is 5. The van der Waals surface area contributed by atoms with Gasteiger partial charge in [-0.1, -0.05) is 42.2 Å². The van der Waals surface area contributed by atoms with E-state index >= 15 is 0 Å². The van der Waals surface area contributed by atoms with E-state index in [9.17, 15) is 19.5 Å². The van der Waals surface area contributed by atoms with Gasteiger partial charge in [-0.05, 0) is 30.3 Å². The molecule has 0 atom stereocenters. The summed E-state index contributed by atoms with van der Waals surface area (Å²) in [4.78, 5) is 37.2. The lowest BCUT2D eigenvalue weighted by molar-refractivity contribution is -0.115. The lowest BCUT2D eigenvalue weighted by Gasteiger charge is -2.16. The largest absolute Gasteiger partial charge is 0.490 e. The normalized spacial score (nSPS) is 10.3. The zero-order chi connectivity index (χ0) is 33.0. The van der Waals surface area contributed by atoms with Crippen molar-refractivity contribution in [2.75, 3.05) is 70.6 Å². The SMILES string of the molecule is COCCOCCOCCOCCOc1cc(NC(=O)O)c(NC(=O)CC(=O)c2cccc(C#N)c2)cc1C#Cc1ccccc1. The van der Waals surface area contributed by atoms with E-state index in [4.69, 9.17) is 28.9 Å². The number of carbonyl (C=O) groups is 3. The first-order valence-electron chi connectivity index (χ1n) is 14.3. The molecule has 240 valence electrons. The molecule has 46 heavy (non-hydrogen) atoms. The summed E-state index contributed by atoms with van der Waals surface area (Å²) >= 11 is 0. The second-order valence-electron chi connectivity index (χ2n) is 9.46. The quantitative estimate of drug-likeness (QED) is 0.0798. The van der Waals surface area contributed by atoms with Crippen molar-refractivity contribution >= 4 is 29.2 Å². The van der Waals surface area contributed by atoms with Gasteiger partial charge in [0.2, 0.25) is 5.91 Å². The number of carboxylic acid groups (broad SMARTS) is 1. The van der Waals surface area contributed by atoms with Gasteiger partial charge in [-0.3, -0.25) is 14.9 Å². The molecule has 3 N–H and O–H groups in total. The number of benzene rings is 3. The number of nitrogens with zero attached hydrogens (tertiary/aromatic N) is 1. The molecule has 12 heteroatoms. The van der Waals surface area contributed by atoms with E-state index in [0.29, 0.717) is 45.2 Å². The van der Waals surface area contributed by atoms with Gasteiger partial charge in [-0.15, -0.1) is 0 Å². The molecule has 3 aromatic carbocycles. The fourth-order valence-corrected chi connectivity index (χ4v) is 3.88. The standard InChI is InChI=1S/C34H35N3O9/c1-42-12-13-43-14-15-44-16-17-45-18-19-46-32-22-30(37-34(40)41)29(21-28(32)11-10-25-6-3-2-4-7-25)36-33(39)23-31(38)27-9-5-8-26(20-27)24-35/h2-9,20-22,37H,12-19,23H2,1H3,(H,36,39)(H,40,41). The number of hydrogen-bond donors (Lipinski definition) is 3. The Kier molecular flexibility index (Phi) is 15.3. The van der Waals surface area contributed by atoms with Crippen molar-refractivity contribution < 1.29 is 43.2 Å². The molecule has 0 spiro atoms. The number of carbonyl (C=O) groups excluding carboxylic acids is 2. The molecule has 0 saturated carbocycles. The monoisotopic (exact) mass is 629 g/mol. The molecule has 3 rings (SSSR count). The van der Waals surface area contributed by atoms with Crippen molar-refractivity contribution in [2.45, 2.75) is 6.42 Å². The maximum atomic E-state index is 12.9. The average molecular weight is 630 g/mol. The summed E-state index contributed by atoms with van der Waals surface area (Å²) in [6, 6.07) is 20.0. The van der Waals surface area contributed by atoms with Crippen molar-refractivity contribution in [2.24, 2.45) is 0 Å². The van der Waals surface area contributed by atoms with Crippen LogP contribution in [0.2, 0.25) is 0 Å². The lowest BCUT2D eigenvalue weighted by Crippen LogP contribution is -2.19. The van der Waals surface area contributed by atoms with Crippen molar-refractivity contribution in [1.29, 1.82) is 5.26 Å². The molecular weight excluding hydrogens is 594 g/mol. The molecule has 3 aromatic rings. The Morgan fingerprint density at radius 2 is 1.37 bits per heavy atom. The van der Waals surface area contributed by atoms with Crippen molar-refractivity contribution in [3.63, 3.8) is 0 Å². The molecule has 0 aliphatic carbocycles. The first-order valence-corrected chi connectivity index (χ1v) is 14.3. The number of hydrogen-bond acceptors (Lipinski definition) is 9. The number of anilines is 2. The minimum Gasteiger partial charge on any atom is -0.490 e. The van der Waals surface area contributed by atoms with E-state index in [1.807, 2.05) is 36.4 Å². The fraction of sp³-hybridized carbons (Fsp3) is 0.294. The van der Waals surface area contributed by atoms with Crippen LogP contribution in [0.4, 0.5) is 16.2 Å². The minimum absolute atomic E-state index is 0.0158. The Morgan fingerprint density at radius 1 is 0.739 bits per heavy atom. The number of amides is 2. The van der Waals surface area contributed by atoms with Crippen molar-refractivity contribution in [3.8, 4) is 23.7 Å². The molecule has 0 aliphatic rings. The van der Waals surface area contributed by atoms with E-state index in [1.165, 1.54) is 24.3 Å². The van der Waals surface area contributed by atoms with Gasteiger partial charge in [0.15, 0.2) is 5.78 Å². The van der Waals surface area contributed by atoms with Crippen LogP contribution >= 0.6 is 0 Å². The molecule has 0 radical (unpaired) electrons. The predicted octanol–water partition coefficient (Wildman–Crippen LogP) is 4.33. The van der Waals surface area contributed by atoms with Gasteiger partial charge >= 0.3 is 6.09 Å². The van der Waals surface area contributed by atoms with Crippen LogP contribution in [-0.4, -0.2) is 82.9 Å². The van der Waals surface area contributed by atoms with Gasteiger partial charge < -0.3 is 34.1 Å². The number of Topliss-reactive ketones (excluding diaryl/α,β-unsaturated/α-hetero) is 1. The highest BCUT2D eigenvalue weighted by Gasteiger charge is 2.17. The molecule has 12 nitrogen and oxygen atoms in total. The Morgan fingerprint density at radius 3 is 2.02 bits per heavy atom. The maximum absolute atomic E-state index is 12.9. The van der Waals surface area contributed by atoms with Crippen LogP contribution in [0.5, 0.6) is 5.75 Å². The second-order valence-corrected chi connectivity index (χ2v) is 9.46. The first-order chi connectivity index (χ1) is 22.4. The van der Waals surface area contributed by atoms with Crippen molar-refractivity contribution in [3.05, 3.63) is 89.0 Å². The van der Waals surface area contributed by atoms with Crippen LogP contribution in [0.25, 0.3) is 0 Å². The summed E-state index contributed by atoms with van der Waals surface area (Å²) in [5.74, 6) is 5.10. The van der Waals surface area contributed by atoms with Gasteiger partial charge in [0, 0.05) is 24.3 Å². The maximum Gasteiger partial charge on any atom is 0.409 e. The second kappa shape index (κ2) is 19.9. The molecule has 0 heterocycles. The van der Waals surface area contributed by atoms with Gasteiger partial charge in [0.1, 0.15) is 12.4 Å². The van der Waals surface area contributed by atoms with Crippen LogP contribution in [0.1, 0.15) is 33.5 Å². The molecule has 0 saturated heterocycles. The minimum atomic E-state index is -1.37. The first kappa shape index (κ1) is 35.2. The van der Waals surface area contributed by atoms with E-state index in [0.717, 1.165) is 5.56 Å². The highest BCUT2D eigenvalue weighted by atomic mass is 16.6. The predicted molar refractivity (Wildman–Crippen MR) is 169 cm³/mol. The summed E-state index contributed by atoms with van der Waals surface area (Å²) in [5.41, 5.74) is 1.67. The third kappa shape index (κ3) is 12.8. The Bertz CT molecular complexity index is 1560. The molecule has 0 bridgehead atoms. The Hall–Kier alpha value is -5.24. The Balaban J connectivity index is 1.70. The number of methoxy groups -OCH3 is 1. The number of rotatable bonds is 18. The summed E-state index contributed by atoms with van der Waals surface area (Å²) < 4.78 is 27.1. The summed E-state index contributed by atoms with van der Waals surface area (Å²) in [5, 5.41) is 23.4. The van der Waals surface area contributed by atoms with E-state index in [-0.39, 0.29) is 41.5 Å². The Labute approximate surface area is 267 Å². The molecule has 0 aromatic heterocycles. The summed E-state index contributed by atoms with van der Waals surface area (Å²) in [6.07, 6.45) is -1.91. The topological polar surface area (TPSA) is 165 Å². The number of nitrogens with one attached hydrogen (secondary N) is 2. The lowest BCUT2D eigenvalue weighted by atomic mass is 10.1. The zero-order valence-corrected chi connectivity index (χ0v) is 25.4. The van der Waals surface area contributed by atoms with E-state index in [2.05, 4.69) is 22.5 Å². The fourth-order valence-electron chi connectivity index (χ4n) is 3.88. The van der Waals surface area contributed by atoms with Crippen LogP contribution in [0, 0.1) is 23.2 Å². The molecule has 0 fully saturated rings. The van der Waals surface area contributed by atoms with Gasteiger partial charge in [0.25, 0.3) is 0 Å². The van der Waals surface area contributed by atoms with Gasteiger partial charge in [0.05, 0.1) is 81.2 Å². The van der Waals surface area contributed by atoms with E-state index < -0.39 is 24.2 Å². The smallest absolute Gasteiger partial charge is 0.409 e. The highest BCUT2D eigenvalue weighted by molar-refractivity contribution is 6.12. The van der Waals surface area contributed by atoms with Crippen LogP contribution in [0.15, 0.2) is 66.7 Å². The number of nitriles is 1. The van der Waals surface area contributed by atoms with Crippen LogP contribution < -0.4 is 15.4 Å². The van der Waals surface area contributed by atoms with Crippen LogP contribution in [-0.2, 0) is 23.7 Å². The molecule has 2 amide bonds. The third-order valence-corrected chi connectivity index (χ3v) is 6.05. The number of ketones is 1. The highest BCUT2D eigenvalue weighted by Crippen LogP contribution is 2.32. The summed E-state index contributed by atoms with van der Waals surface area (Å²) in [6.45, 7) is 2.94. The molecule has 0 aliphatic heterocycles. The van der Waals surface area contributed by atoms with Gasteiger partial charge in [-0.25, -0.2) is 4.79 Å². The zero-order valence-electron chi connectivity index (χ0n) is 25.4. The van der Waals surface area contributed by atoms with E-state index in [1.54, 1.807) is 19.2 Å². The van der Waals surface area contributed by atoms with Crippen molar-refractivity contribution in [1.82, 2.24) is 0 Å². The van der Waals surface area contributed by atoms with Gasteiger partial charge in [-0.2, -0.15) is 5.26 Å². The molecular formula is C34H35N3O9. The third-order valence-electron chi connectivity index (χ3n) is 6.05. The average Bonchev–Trinajstić information content (AvgIpc) is 3.05. The molecule has 0 unspecified atom stereocenters. The summed E-state index contributed by atoms with van der Waals surface area (Å²) in [7, 11) is 1.60.